The molecule has 0 aliphatic carbocycles. The van der Waals surface area contributed by atoms with Crippen LogP contribution in [0.3, 0.4) is 0 Å². The van der Waals surface area contributed by atoms with Crippen LogP contribution in [0.5, 0.6) is 0 Å². The Labute approximate surface area is 72.4 Å². The summed E-state index contributed by atoms with van der Waals surface area (Å²) in [6.07, 6.45) is -0.189. The first-order valence-electron chi connectivity index (χ1n) is 4.12. The number of carbonyl (C=O) groups excluding carboxylic acids is 1. The molecule has 0 aliphatic heterocycles. The minimum Gasteiger partial charge on any atom is -0.396 e. The lowest BCUT2D eigenvalue weighted by atomic mass is 9.77. The van der Waals surface area contributed by atoms with Gasteiger partial charge < -0.3 is 15.9 Å². The van der Waals surface area contributed by atoms with Crippen molar-refractivity contribution in [3.05, 3.63) is 0 Å². The third-order valence-corrected chi connectivity index (χ3v) is 2.57. The van der Waals surface area contributed by atoms with E-state index in [1.165, 1.54) is 0 Å². The molecule has 0 aromatic rings. The van der Waals surface area contributed by atoms with Crippen molar-refractivity contribution in [2.24, 2.45) is 11.1 Å². The molecule has 0 radical (unpaired) electrons. The fraction of sp³-hybridized carbons (Fsp3) is 0.875. The van der Waals surface area contributed by atoms with Gasteiger partial charge in [-0.25, -0.2) is 0 Å². The molecule has 0 aliphatic rings. The summed E-state index contributed by atoms with van der Waals surface area (Å²) < 4.78 is 0. The second-order valence-corrected chi connectivity index (χ2v) is 3.03. The first-order chi connectivity index (χ1) is 5.54. The summed E-state index contributed by atoms with van der Waals surface area (Å²) in [6, 6.07) is 0. The van der Waals surface area contributed by atoms with E-state index in [9.17, 15) is 9.90 Å². The normalized spacial score (nSPS) is 14.3. The van der Waals surface area contributed by atoms with Gasteiger partial charge in [0.15, 0.2) is 0 Å². The third-order valence-electron chi connectivity index (χ3n) is 2.57. The number of nitrogens with two attached hydrogens (primary N) is 1. The highest BCUT2D eigenvalue weighted by Crippen LogP contribution is 2.29. The maximum atomic E-state index is 10.7. The zero-order valence-corrected chi connectivity index (χ0v) is 7.58. The molecule has 4 nitrogen and oxygen atoms in total. The summed E-state index contributed by atoms with van der Waals surface area (Å²) >= 11 is 0. The van der Waals surface area contributed by atoms with Crippen LogP contribution in [0.2, 0.25) is 0 Å². The van der Waals surface area contributed by atoms with E-state index >= 15 is 0 Å². The van der Waals surface area contributed by atoms with Crippen molar-refractivity contribution in [2.75, 3.05) is 6.61 Å². The smallest absolute Gasteiger partial charge is 0.246 e. The molecular weight excluding hydrogens is 158 g/mol. The number of hydrogen-bond acceptors (Lipinski definition) is 3. The molecule has 0 saturated carbocycles. The monoisotopic (exact) mass is 175 g/mol. The van der Waals surface area contributed by atoms with Gasteiger partial charge in [0.25, 0.3) is 0 Å². The lowest BCUT2D eigenvalue weighted by Crippen LogP contribution is -2.46. The third kappa shape index (κ3) is 1.95. The quantitative estimate of drug-likeness (QED) is 0.533. The van der Waals surface area contributed by atoms with E-state index in [0.717, 1.165) is 0 Å². The van der Waals surface area contributed by atoms with Gasteiger partial charge in [0.05, 0.1) is 6.61 Å². The molecule has 0 aromatic heterocycles. The van der Waals surface area contributed by atoms with Gasteiger partial charge in [0.1, 0.15) is 6.10 Å². The molecule has 1 unspecified atom stereocenters. The van der Waals surface area contributed by atoms with Gasteiger partial charge in [-0.3, -0.25) is 4.79 Å². The minimum atomic E-state index is -1.25. The van der Waals surface area contributed by atoms with E-state index in [4.69, 9.17) is 10.8 Å². The Morgan fingerprint density at radius 3 is 2.00 bits per heavy atom. The number of aliphatic hydroxyl groups excluding tert-OH is 2. The van der Waals surface area contributed by atoms with E-state index in [1.54, 1.807) is 0 Å². The van der Waals surface area contributed by atoms with E-state index in [2.05, 4.69) is 0 Å². The number of amides is 1. The molecular formula is C8H17NO3. The molecule has 0 spiro atoms. The van der Waals surface area contributed by atoms with Gasteiger partial charge in [0.2, 0.25) is 5.91 Å². The number of primary amides is 1. The van der Waals surface area contributed by atoms with Crippen LogP contribution < -0.4 is 5.73 Å². The predicted octanol–water partition coefficient (Wildman–Crippen LogP) is -0.369. The van der Waals surface area contributed by atoms with E-state index in [-0.39, 0.29) is 6.61 Å². The van der Waals surface area contributed by atoms with Crippen molar-refractivity contribution in [3.63, 3.8) is 0 Å². The molecule has 0 rings (SSSR count). The summed E-state index contributed by atoms with van der Waals surface area (Å²) in [7, 11) is 0. The lowest BCUT2D eigenvalue weighted by Gasteiger charge is -2.32. The van der Waals surface area contributed by atoms with Crippen LogP contribution in [0, 0.1) is 5.41 Å². The summed E-state index contributed by atoms with van der Waals surface area (Å²) in [5, 5.41) is 18.4. The second-order valence-electron chi connectivity index (χ2n) is 3.03. The van der Waals surface area contributed by atoms with E-state index < -0.39 is 17.4 Å². The topological polar surface area (TPSA) is 83.6 Å². The van der Waals surface area contributed by atoms with E-state index in [0.29, 0.717) is 12.8 Å². The molecule has 1 atom stereocenters. The molecule has 0 saturated heterocycles. The van der Waals surface area contributed by atoms with Gasteiger partial charge in [-0.15, -0.1) is 0 Å². The first kappa shape index (κ1) is 11.4. The molecule has 1 amide bonds. The second kappa shape index (κ2) is 4.42. The average molecular weight is 175 g/mol. The van der Waals surface area contributed by atoms with E-state index in [1.807, 2.05) is 13.8 Å². The van der Waals surface area contributed by atoms with Crippen molar-refractivity contribution in [1.82, 2.24) is 0 Å². The number of aliphatic hydroxyl groups is 2. The number of hydrogen-bond donors (Lipinski definition) is 3. The standard InChI is InChI=1S/C8H17NO3/c1-3-8(4-2,5-10)6(11)7(9)12/h6,10-11H,3-5H2,1-2H3,(H2,9,12). The zero-order chi connectivity index (χ0) is 9.78. The minimum absolute atomic E-state index is 0.218. The van der Waals surface area contributed by atoms with Crippen LogP contribution in [0.4, 0.5) is 0 Å². The Balaban J connectivity index is 4.58. The maximum Gasteiger partial charge on any atom is 0.246 e. The van der Waals surface area contributed by atoms with Crippen molar-refractivity contribution in [2.45, 2.75) is 32.8 Å². The van der Waals surface area contributed by atoms with Crippen molar-refractivity contribution in [3.8, 4) is 0 Å². The highest BCUT2D eigenvalue weighted by Gasteiger charge is 2.37. The summed E-state index contributed by atoms with van der Waals surface area (Å²) in [6.45, 7) is 3.40. The lowest BCUT2D eigenvalue weighted by molar-refractivity contribution is -0.136. The highest BCUT2D eigenvalue weighted by atomic mass is 16.3. The molecule has 0 aromatic carbocycles. The van der Waals surface area contributed by atoms with Gasteiger partial charge in [-0.2, -0.15) is 0 Å². The molecule has 12 heavy (non-hydrogen) atoms. The molecule has 0 heterocycles. The van der Waals surface area contributed by atoms with Crippen LogP contribution in [0.25, 0.3) is 0 Å². The Morgan fingerprint density at radius 1 is 1.50 bits per heavy atom. The van der Waals surface area contributed by atoms with Crippen molar-refractivity contribution >= 4 is 5.91 Å². The first-order valence-corrected chi connectivity index (χ1v) is 4.12. The fourth-order valence-corrected chi connectivity index (χ4v) is 1.25. The molecule has 0 bridgehead atoms. The van der Waals surface area contributed by atoms with Crippen LogP contribution in [-0.4, -0.2) is 28.8 Å². The average Bonchev–Trinajstić information content (AvgIpc) is 2.08. The van der Waals surface area contributed by atoms with Crippen LogP contribution >= 0.6 is 0 Å². The van der Waals surface area contributed by atoms with Gasteiger partial charge in [-0.1, -0.05) is 13.8 Å². The van der Waals surface area contributed by atoms with Gasteiger partial charge in [-0.05, 0) is 12.8 Å². The van der Waals surface area contributed by atoms with Gasteiger partial charge >= 0.3 is 0 Å². The number of carbonyl (C=O) groups is 1. The summed E-state index contributed by atoms with van der Waals surface area (Å²) in [5.74, 6) is -0.771. The van der Waals surface area contributed by atoms with Crippen LogP contribution in [0.1, 0.15) is 26.7 Å². The van der Waals surface area contributed by atoms with Gasteiger partial charge in [0, 0.05) is 5.41 Å². The molecule has 4 heteroatoms. The maximum absolute atomic E-state index is 10.7. The van der Waals surface area contributed by atoms with Crippen LogP contribution in [-0.2, 0) is 4.79 Å². The summed E-state index contributed by atoms with van der Waals surface area (Å²) in [5.41, 5.74) is 4.19. The zero-order valence-electron chi connectivity index (χ0n) is 7.58. The van der Waals surface area contributed by atoms with Crippen molar-refractivity contribution in [1.29, 1.82) is 0 Å². The molecule has 72 valence electrons. The fourth-order valence-electron chi connectivity index (χ4n) is 1.25. The van der Waals surface area contributed by atoms with Crippen molar-refractivity contribution < 1.29 is 15.0 Å². The highest BCUT2D eigenvalue weighted by molar-refractivity contribution is 5.79. The molecule has 0 fully saturated rings. The largest absolute Gasteiger partial charge is 0.396 e. The Hall–Kier alpha value is -0.610. The SMILES string of the molecule is CCC(CC)(CO)C(O)C(N)=O. The Kier molecular flexibility index (Phi) is 4.20. The van der Waals surface area contributed by atoms with Crippen LogP contribution in [0.15, 0.2) is 0 Å². The number of rotatable bonds is 5. The summed E-state index contributed by atoms with van der Waals surface area (Å²) in [4.78, 5) is 10.7. The predicted molar refractivity (Wildman–Crippen MR) is 45.3 cm³/mol. The Bertz CT molecular complexity index is 146. The molecule has 4 N–H and O–H groups in total. The Morgan fingerprint density at radius 2 is 1.92 bits per heavy atom.